The Bertz CT molecular complexity index is 1050. The SMILES string of the molecule is NC1c2cn[nH]c2N(c2cccc3ccccc23)CN1c1ccccc1. The summed E-state index contributed by atoms with van der Waals surface area (Å²) in [6, 6.07) is 25.1. The predicted octanol–water partition coefficient (Wildman–Crippen LogP) is 4.14. The van der Waals surface area contributed by atoms with Crippen LogP contribution in [0.5, 0.6) is 0 Å². The molecule has 1 aromatic heterocycles. The van der Waals surface area contributed by atoms with Crippen molar-refractivity contribution >= 4 is 28.0 Å². The molecule has 3 aromatic carbocycles. The molecule has 1 aliphatic heterocycles. The van der Waals surface area contributed by atoms with E-state index in [1.807, 2.05) is 24.4 Å². The lowest BCUT2D eigenvalue weighted by molar-refractivity contribution is 0.617. The molecule has 2 heterocycles. The molecule has 3 N–H and O–H groups in total. The molecular weight excluding hydrogens is 322 g/mol. The highest BCUT2D eigenvalue weighted by molar-refractivity contribution is 5.96. The fourth-order valence-corrected chi connectivity index (χ4v) is 3.70. The molecule has 1 unspecified atom stereocenters. The van der Waals surface area contributed by atoms with Crippen LogP contribution in [0.3, 0.4) is 0 Å². The fraction of sp³-hybridized carbons (Fsp3) is 0.0952. The fourth-order valence-electron chi connectivity index (χ4n) is 3.70. The van der Waals surface area contributed by atoms with Crippen molar-refractivity contribution in [2.75, 3.05) is 16.5 Å². The summed E-state index contributed by atoms with van der Waals surface area (Å²) >= 11 is 0. The summed E-state index contributed by atoms with van der Waals surface area (Å²) in [6.45, 7) is 0.647. The first kappa shape index (κ1) is 15.0. The quantitative estimate of drug-likeness (QED) is 0.575. The van der Waals surface area contributed by atoms with Gasteiger partial charge in [-0.15, -0.1) is 0 Å². The van der Waals surface area contributed by atoms with E-state index >= 15 is 0 Å². The van der Waals surface area contributed by atoms with Crippen LogP contribution < -0.4 is 15.5 Å². The minimum absolute atomic E-state index is 0.239. The Labute approximate surface area is 151 Å². The second-order valence-electron chi connectivity index (χ2n) is 6.49. The van der Waals surface area contributed by atoms with E-state index in [1.54, 1.807) is 0 Å². The largest absolute Gasteiger partial charge is 0.334 e. The minimum atomic E-state index is -0.239. The highest BCUT2D eigenvalue weighted by Gasteiger charge is 2.32. The van der Waals surface area contributed by atoms with Gasteiger partial charge in [-0.3, -0.25) is 5.10 Å². The lowest BCUT2D eigenvalue weighted by atomic mass is 10.1. The molecule has 4 aromatic rings. The molecule has 0 bridgehead atoms. The second-order valence-corrected chi connectivity index (χ2v) is 6.49. The van der Waals surface area contributed by atoms with Crippen LogP contribution in [0, 0.1) is 0 Å². The van der Waals surface area contributed by atoms with Crippen LogP contribution in [0.1, 0.15) is 11.7 Å². The molecule has 1 atom stereocenters. The average molecular weight is 341 g/mol. The molecule has 0 aliphatic carbocycles. The number of nitrogens with zero attached hydrogens (tertiary/aromatic N) is 3. The standard InChI is InChI=1S/C21H19N5/c22-20-18-13-23-24-21(18)26(14-25(20)16-9-2-1-3-10-16)19-12-6-8-15-7-4-5-11-17(15)19/h1-13,20H,14,22H2,(H,23,24). The molecule has 5 heteroatoms. The molecule has 1 aliphatic rings. The summed E-state index contributed by atoms with van der Waals surface area (Å²) in [7, 11) is 0. The van der Waals surface area contributed by atoms with E-state index in [0.717, 1.165) is 22.8 Å². The summed E-state index contributed by atoms with van der Waals surface area (Å²) in [4.78, 5) is 4.45. The van der Waals surface area contributed by atoms with Crippen LogP contribution in [0.15, 0.2) is 79.0 Å². The van der Waals surface area contributed by atoms with Crippen LogP contribution in [-0.2, 0) is 0 Å². The van der Waals surface area contributed by atoms with Gasteiger partial charge < -0.3 is 15.5 Å². The van der Waals surface area contributed by atoms with Gasteiger partial charge in [0.05, 0.1) is 24.1 Å². The third-order valence-electron chi connectivity index (χ3n) is 5.01. The van der Waals surface area contributed by atoms with Crippen LogP contribution in [-0.4, -0.2) is 16.9 Å². The van der Waals surface area contributed by atoms with Crippen LogP contribution in [0.25, 0.3) is 10.8 Å². The van der Waals surface area contributed by atoms with Gasteiger partial charge in [-0.05, 0) is 23.6 Å². The van der Waals surface area contributed by atoms with Crippen molar-refractivity contribution in [3.05, 3.63) is 84.6 Å². The van der Waals surface area contributed by atoms with Gasteiger partial charge in [0.1, 0.15) is 12.0 Å². The smallest absolute Gasteiger partial charge is 0.136 e. The summed E-state index contributed by atoms with van der Waals surface area (Å²) in [5, 5.41) is 9.83. The van der Waals surface area contributed by atoms with Gasteiger partial charge in [0.2, 0.25) is 0 Å². The van der Waals surface area contributed by atoms with E-state index in [1.165, 1.54) is 10.8 Å². The number of hydrogen-bond donors (Lipinski definition) is 2. The monoisotopic (exact) mass is 341 g/mol. The Kier molecular flexibility index (Phi) is 3.40. The molecule has 5 nitrogen and oxygen atoms in total. The topological polar surface area (TPSA) is 61.2 Å². The molecule has 0 fully saturated rings. The van der Waals surface area contributed by atoms with Crippen molar-refractivity contribution in [1.82, 2.24) is 10.2 Å². The van der Waals surface area contributed by atoms with Crippen molar-refractivity contribution in [1.29, 1.82) is 0 Å². The number of rotatable bonds is 2. The van der Waals surface area contributed by atoms with Crippen molar-refractivity contribution in [3.63, 3.8) is 0 Å². The number of nitrogens with two attached hydrogens (primary N) is 1. The maximum Gasteiger partial charge on any atom is 0.136 e. The van der Waals surface area contributed by atoms with E-state index in [0.29, 0.717) is 6.67 Å². The van der Waals surface area contributed by atoms with Crippen molar-refractivity contribution in [2.24, 2.45) is 5.73 Å². The number of benzene rings is 3. The normalized spacial score (nSPS) is 16.7. The molecule has 0 amide bonds. The van der Waals surface area contributed by atoms with E-state index in [2.05, 4.69) is 74.6 Å². The number of nitrogens with one attached hydrogen (secondary N) is 1. The average Bonchev–Trinajstić information content (AvgIpc) is 3.19. The zero-order chi connectivity index (χ0) is 17.5. The molecule has 0 saturated heterocycles. The molecule has 0 saturated carbocycles. The maximum absolute atomic E-state index is 6.56. The Morgan fingerprint density at radius 3 is 2.58 bits per heavy atom. The van der Waals surface area contributed by atoms with Gasteiger partial charge in [0, 0.05) is 11.1 Å². The van der Waals surface area contributed by atoms with Crippen LogP contribution in [0.2, 0.25) is 0 Å². The Morgan fingerprint density at radius 1 is 0.923 bits per heavy atom. The molecule has 26 heavy (non-hydrogen) atoms. The van der Waals surface area contributed by atoms with Crippen LogP contribution in [0.4, 0.5) is 17.2 Å². The molecule has 0 spiro atoms. The first-order valence-electron chi connectivity index (χ1n) is 8.69. The summed E-state index contributed by atoms with van der Waals surface area (Å²) < 4.78 is 0. The van der Waals surface area contributed by atoms with Gasteiger partial charge in [0.15, 0.2) is 0 Å². The number of H-pyrrole nitrogens is 1. The van der Waals surface area contributed by atoms with E-state index in [4.69, 9.17) is 5.73 Å². The lowest BCUT2D eigenvalue weighted by Crippen LogP contribution is -2.46. The third kappa shape index (κ3) is 2.25. The number of fused-ring (bicyclic) bond motifs is 2. The van der Waals surface area contributed by atoms with Gasteiger partial charge in [-0.1, -0.05) is 54.6 Å². The Balaban J connectivity index is 1.68. The summed E-state index contributed by atoms with van der Waals surface area (Å²) in [5.41, 5.74) is 9.79. The molecule has 0 radical (unpaired) electrons. The summed E-state index contributed by atoms with van der Waals surface area (Å²) in [5.74, 6) is 0.959. The minimum Gasteiger partial charge on any atom is -0.334 e. The van der Waals surface area contributed by atoms with E-state index in [-0.39, 0.29) is 6.17 Å². The van der Waals surface area contributed by atoms with Gasteiger partial charge in [-0.2, -0.15) is 5.10 Å². The van der Waals surface area contributed by atoms with E-state index in [9.17, 15) is 0 Å². The number of aromatic nitrogens is 2. The first-order valence-corrected chi connectivity index (χ1v) is 8.69. The van der Waals surface area contributed by atoms with Crippen LogP contribution >= 0.6 is 0 Å². The highest BCUT2D eigenvalue weighted by Crippen LogP contribution is 2.40. The molecule has 5 rings (SSSR count). The van der Waals surface area contributed by atoms with Gasteiger partial charge in [-0.25, -0.2) is 0 Å². The first-order chi connectivity index (χ1) is 12.8. The van der Waals surface area contributed by atoms with Gasteiger partial charge >= 0.3 is 0 Å². The van der Waals surface area contributed by atoms with Crippen molar-refractivity contribution in [3.8, 4) is 0 Å². The van der Waals surface area contributed by atoms with Crippen molar-refractivity contribution in [2.45, 2.75) is 6.17 Å². The zero-order valence-electron chi connectivity index (χ0n) is 14.2. The lowest BCUT2D eigenvalue weighted by Gasteiger charge is -2.41. The summed E-state index contributed by atoms with van der Waals surface area (Å²) in [6.07, 6.45) is 1.59. The maximum atomic E-state index is 6.56. The third-order valence-corrected chi connectivity index (χ3v) is 5.01. The molecular formula is C21H19N5. The number of aromatic amines is 1. The number of anilines is 3. The van der Waals surface area contributed by atoms with Gasteiger partial charge in [0.25, 0.3) is 0 Å². The predicted molar refractivity (Wildman–Crippen MR) is 105 cm³/mol. The highest BCUT2D eigenvalue weighted by atomic mass is 15.4. The number of para-hydroxylation sites is 1. The van der Waals surface area contributed by atoms with E-state index < -0.39 is 0 Å². The zero-order valence-corrected chi connectivity index (χ0v) is 14.2. The Hall–Kier alpha value is -3.31. The van der Waals surface area contributed by atoms with Crippen molar-refractivity contribution < 1.29 is 0 Å². The number of hydrogen-bond acceptors (Lipinski definition) is 4. The Morgan fingerprint density at radius 2 is 1.69 bits per heavy atom. The molecule has 128 valence electrons. The second kappa shape index (κ2) is 5.89.